The Balaban J connectivity index is 2.26. The minimum atomic E-state index is 0.189. The number of carbonyl (C=O) groups excluding carboxylic acids is 1. The van der Waals surface area contributed by atoms with E-state index in [9.17, 15) is 4.79 Å². The maximum Gasteiger partial charge on any atom is 0.219 e. The Hall–Kier alpha value is -0.530. The summed E-state index contributed by atoms with van der Waals surface area (Å²) in [6, 6.07) is 0.389. The highest BCUT2D eigenvalue weighted by atomic mass is 16.1. The van der Waals surface area contributed by atoms with Crippen molar-refractivity contribution in [3.8, 4) is 0 Å². The largest absolute Gasteiger partial charge is 0.353 e. The van der Waals surface area contributed by atoms with Gasteiger partial charge in [0.1, 0.15) is 0 Å². The van der Waals surface area contributed by atoms with Crippen LogP contribution in [0.2, 0.25) is 0 Å². The van der Waals surface area contributed by atoms with E-state index in [1.807, 2.05) is 6.92 Å². The standard InChI is InChI=1S/C10H19NO/c1-3-10(12)11-8(2)9-6-4-5-7-9/h8-9H,3-7H2,1-2H3,(H,11,12). The van der Waals surface area contributed by atoms with Gasteiger partial charge in [-0.2, -0.15) is 0 Å². The van der Waals surface area contributed by atoms with E-state index in [2.05, 4.69) is 12.2 Å². The summed E-state index contributed by atoms with van der Waals surface area (Å²) in [7, 11) is 0. The van der Waals surface area contributed by atoms with Crippen LogP contribution in [0, 0.1) is 5.92 Å². The van der Waals surface area contributed by atoms with Gasteiger partial charge in [-0.05, 0) is 25.7 Å². The minimum Gasteiger partial charge on any atom is -0.353 e. The average Bonchev–Trinajstić information content (AvgIpc) is 2.56. The maximum atomic E-state index is 11.1. The SMILES string of the molecule is CCC(=O)NC(C)C1CCCC1. The fraction of sp³-hybridized carbons (Fsp3) is 0.900. The first-order chi connectivity index (χ1) is 5.74. The van der Waals surface area contributed by atoms with Gasteiger partial charge in [-0.25, -0.2) is 0 Å². The van der Waals surface area contributed by atoms with E-state index in [0.29, 0.717) is 12.5 Å². The lowest BCUT2D eigenvalue weighted by atomic mass is 10.00. The molecule has 0 bridgehead atoms. The summed E-state index contributed by atoms with van der Waals surface area (Å²) < 4.78 is 0. The molecule has 1 fully saturated rings. The molecular weight excluding hydrogens is 150 g/mol. The van der Waals surface area contributed by atoms with Crippen LogP contribution in [-0.2, 0) is 4.79 Å². The zero-order chi connectivity index (χ0) is 8.97. The Morgan fingerprint density at radius 1 is 1.50 bits per heavy atom. The van der Waals surface area contributed by atoms with Crippen LogP contribution in [0.1, 0.15) is 46.0 Å². The predicted octanol–water partition coefficient (Wildman–Crippen LogP) is 2.09. The summed E-state index contributed by atoms with van der Waals surface area (Å²) in [5, 5.41) is 3.03. The molecule has 1 aliphatic carbocycles. The van der Waals surface area contributed by atoms with Crippen molar-refractivity contribution in [3.05, 3.63) is 0 Å². The van der Waals surface area contributed by atoms with Crippen molar-refractivity contribution in [1.82, 2.24) is 5.32 Å². The molecule has 0 saturated heterocycles. The van der Waals surface area contributed by atoms with E-state index in [1.165, 1.54) is 25.7 Å². The van der Waals surface area contributed by atoms with Crippen LogP contribution >= 0.6 is 0 Å². The van der Waals surface area contributed by atoms with Gasteiger partial charge in [0, 0.05) is 12.5 Å². The van der Waals surface area contributed by atoms with Gasteiger partial charge in [0.2, 0.25) is 5.91 Å². The Kier molecular flexibility index (Phi) is 3.57. The highest BCUT2D eigenvalue weighted by Crippen LogP contribution is 2.27. The fourth-order valence-corrected chi connectivity index (χ4v) is 1.93. The number of rotatable bonds is 3. The third-order valence-electron chi connectivity index (χ3n) is 2.82. The monoisotopic (exact) mass is 169 g/mol. The van der Waals surface area contributed by atoms with E-state index in [4.69, 9.17) is 0 Å². The molecule has 0 radical (unpaired) electrons. The summed E-state index contributed by atoms with van der Waals surface area (Å²) in [6.45, 7) is 4.03. The number of hydrogen-bond donors (Lipinski definition) is 1. The molecule has 0 aromatic carbocycles. The molecule has 0 heterocycles. The second-order valence-corrected chi connectivity index (χ2v) is 3.75. The van der Waals surface area contributed by atoms with Crippen LogP contribution in [0.4, 0.5) is 0 Å². The van der Waals surface area contributed by atoms with Gasteiger partial charge in [0.05, 0.1) is 0 Å². The molecule has 1 atom stereocenters. The summed E-state index contributed by atoms with van der Waals surface area (Å²) in [5.41, 5.74) is 0. The topological polar surface area (TPSA) is 29.1 Å². The predicted molar refractivity (Wildman–Crippen MR) is 49.9 cm³/mol. The van der Waals surface area contributed by atoms with E-state index >= 15 is 0 Å². The summed E-state index contributed by atoms with van der Waals surface area (Å²) in [4.78, 5) is 11.1. The normalized spacial score (nSPS) is 20.8. The van der Waals surface area contributed by atoms with Crippen LogP contribution in [0.15, 0.2) is 0 Å². The molecule has 0 aromatic rings. The van der Waals surface area contributed by atoms with Crippen LogP contribution in [-0.4, -0.2) is 11.9 Å². The molecule has 0 aromatic heterocycles. The molecule has 1 rings (SSSR count). The maximum absolute atomic E-state index is 11.1. The van der Waals surface area contributed by atoms with Gasteiger partial charge in [-0.1, -0.05) is 19.8 Å². The zero-order valence-corrected chi connectivity index (χ0v) is 8.10. The molecule has 1 aliphatic rings. The molecule has 0 aliphatic heterocycles. The first kappa shape index (κ1) is 9.56. The van der Waals surface area contributed by atoms with Gasteiger partial charge >= 0.3 is 0 Å². The minimum absolute atomic E-state index is 0.189. The third-order valence-corrected chi connectivity index (χ3v) is 2.82. The van der Waals surface area contributed by atoms with Gasteiger partial charge in [-0.15, -0.1) is 0 Å². The fourth-order valence-electron chi connectivity index (χ4n) is 1.93. The average molecular weight is 169 g/mol. The first-order valence-electron chi connectivity index (χ1n) is 5.03. The van der Waals surface area contributed by atoms with Crippen molar-refractivity contribution < 1.29 is 4.79 Å². The van der Waals surface area contributed by atoms with E-state index in [1.54, 1.807) is 0 Å². The summed E-state index contributed by atoms with van der Waals surface area (Å²) in [5.74, 6) is 0.926. The highest BCUT2D eigenvalue weighted by molar-refractivity contribution is 5.75. The second-order valence-electron chi connectivity index (χ2n) is 3.75. The smallest absolute Gasteiger partial charge is 0.219 e. The van der Waals surface area contributed by atoms with Crippen molar-refractivity contribution in [1.29, 1.82) is 0 Å². The van der Waals surface area contributed by atoms with E-state index in [-0.39, 0.29) is 5.91 Å². The highest BCUT2D eigenvalue weighted by Gasteiger charge is 2.21. The second kappa shape index (κ2) is 4.48. The number of nitrogens with one attached hydrogen (secondary N) is 1. The molecule has 0 spiro atoms. The van der Waals surface area contributed by atoms with Crippen molar-refractivity contribution in [2.45, 2.75) is 52.0 Å². The Morgan fingerprint density at radius 2 is 2.08 bits per heavy atom. The molecule has 2 heteroatoms. The van der Waals surface area contributed by atoms with Gasteiger partial charge < -0.3 is 5.32 Å². The van der Waals surface area contributed by atoms with Crippen LogP contribution in [0.25, 0.3) is 0 Å². The van der Waals surface area contributed by atoms with E-state index in [0.717, 1.165) is 5.92 Å². The summed E-state index contributed by atoms with van der Waals surface area (Å²) >= 11 is 0. The molecule has 1 unspecified atom stereocenters. The van der Waals surface area contributed by atoms with Gasteiger partial charge in [-0.3, -0.25) is 4.79 Å². The van der Waals surface area contributed by atoms with Gasteiger partial charge in [0.15, 0.2) is 0 Å². The molecule has 12 heavy (non-hydrogen) atoms. The Morgan fingerprint density at radius 3 is 2.58 bits per heavy atom. The molecule has 1 N–H and O–H groups in total. The van der Waals surface area contributed by atoms with Crippen molar-refractivity contribution in [2.75, 3.05) is 0 Å². The van der Waals surface area contributed by atoms with Gasteiger partial charge in [0.25, 0.3) is 0 Å². The molecule has 1 amide bonds. The molecular formula is C10H19NO. The van der Waals surface area contributed by atoms with Crippen LogP contribution < -0.4 is 5.32 Å². The first-order valence-corrected chi connectivity index (χ1v) is 5.03. The number of amides is 1. The zero-order valence-electron chi connectivity index (χ0n) is 8.10. The Labute approximate surface area is 74.7 Å². The summed E-state index contributed by atoms with van der Waals surface area (Å²) in [6.07, 6.45) is 5.89. The van der Waals surface area contributed by atoms with Crippen molar-refractivity contribution in [2.24, 2.45) is 5.92 Å². The van der Waals surface area contributed by atoms with Crippen molar-refractivity contribution >= 4 is 5.91 Å². The number of hydrogen-bond acceptors (Lipinski definition) is 1. The lowest BCUT2D eigenvalue weighted by Crippen LogP contribution is -2.36. The van der Waals surface area contributed by atoms with Crippen LogP contribution in [0.3, 0.4) is 0 Å². The molecule has 70 valence electrons. The number of carbonyl (C=O) groups is 1. The lowest BCUT2D eigenvalue weighted by molar-refractivity contribution is -0.121. The quantitative estimate of drug-likeness (QED) is 0.688. The van der Waals surface area contributed by atoms with E-state index < -0.39 is 0 Å². The van der Waals surface area contributed by atoms with Crippen LogP contribution in [0.5, 0.6) is 0 Å². The Bertz CT molecular complexity index is 150. The molecule has 1 saturated carbocycles. The third kappa shape index (κ3) is 2.50. The van der Waals surface area contributed by atoms with Crippen molar-refractivity contribution in [3.63, 3.8) is 0 Å². The molecule has 2 nitrogen and oxygen atoms in total. The lowest BCUT2D eigenvalue weighted by Gasteiger charge is -2.19.